The van der Waals surface area contributed by atoms with E-state index in [9.17, 15) is 9.59 Å². The number of rotatable bonds is 3. The highest BCUT2D eigenvalue weighted by atomic mass is 16.4. The van der Waals surface area contributed by atoms with E-state index in [2.05, 4.69) is 4.98 Å². The summed E-state index contributed by atoms with van der Waals surface area (Å²) < 4.78 is 1.33. The number of hydrogen-bond acceptors (Lipinski definition) is 3. The highest BCUT2D eigenvalue weighted by Gasteiger charge is 2.05. The molecule has 0 saturated heterocycles. The minimum Gasteiger partial charge on any atom is -0.481 e. The standard InChI is InChI=1S/C12H12N2O3/c1-8-2-3-10-9(6-8)12(17)14(7-13-10)5-4-11(15)16/h2-3,6-7H,4-5H2,1H3,(H,15,16). The first-order chi connectivity index (χ1) is 8.08. The molecular weight excluding hydrogens is 220 g/mol. The van der Waals surface area contributed by atoms with E-state index in [4.69, 9.17) is 5.11 Å². The number of hydrogen-bond donors (Lipinski definition) is 1. The Morgan fingerprint density at radius 1 is 1.47 bits per heavy atom. The van der Waals surface area contributed by atoms with Gasteiger partial charge in [0.25, 0.3) is 5.56 Å². The molecule has 88 valence electrons. The third-order valence-electron chi connectivity index (χ3n) is 2.55. The lowest BCUT2D eigenvalue weighted by Crippen LogP contribution is -2.22. The lowest BCUT2D eigenvalue weighted by molar-refractivity contribution is -0.137. The topological polar surface area (TPSA) is 72.2 Å². The van der Waals surface area contributed by atoms with Gasteiger partial charge in [-0.1, -0.05) is 11.6 Å². The Labute approximate surface area is 97.3 Å². The normalized spacial score (nSPS) is 10.6. The molecular formula is C12H12N2O3. The monoisotopic (exact) mass is 232 g/mol. The van der Waals surface area contributed by atoms with Crippen molar-refractivity contribution < 1.29 is 9.90 Å². The Morgan fingerprint density at radius 3 is 2.94 bits per heavy atom. The van der Waals surface area contributed by atoms with E-state index in [-0.39, 0.29) is 18.5 Å². The highest BCUT2D eigenvalue weighted by Crippen LogP contribution is 2.08. The fourth-order valence-corrected chi connectivity index (χ4v) is 1.65. The van der Waals surface area contributed by atoms with Crippen molar-refractivity contribution in [3.8, 4) is 0 Å². The molecule has 0 atom stereocenters. The molecule has 0 bridgehead atoms. The largest absolute Gasteiger partial charge is 0.481 e. The van der Waals surface area contributed by atoms with Crippen LogP contribution in [-0.2, 0) is 11.3 Å². The summed E-state index contributed by atoms with van der Waals surface area (Å²) in [6.45, 7) is 2.04. The van der Waals surface area contributed by atoms with E-state index in [1.165, 1.54) is 10.9 Å². The van der Waals surface area contributed by atoms with Crippen LogP contribution >= 0.6 is 0 Å². The van der Waals surface area contributed by atoms with Crippen LogP contribution in [0, 0.1) is 6.92 Å². The molecule has 1 aromatic carbocycles. The smallest absolute Gasteiger partial charge is 0.305 e. The summed E-state index contributed by atoms with van der Waals surface area (Å²) in [6.07, 6.45) is 1.31. The average molecular weight is 232 g/mol. The number of benzene rings is 1. The first kappa shape index (κ1) is 11.3. The van der Waals surface area contributed by atoms with Crippen molar-refractivity contribution >= 4 is 16.9 Å². The van der Waals surface area contributed by atoms with Crippen LogP contribution in [0.2, 0.25) is 0 Å². The molecule has 2 rings (SSSR count). The number of carboxylic acid groups (broad SMARTS) is 1. The van der Waals surface area contributed by atoms with Gasteiger partial charge in [-0.25, -0.2) is 4.98 Å². The SMILES string of the molecule is Cc1ccc2ncn(CCC(=O)O)c(=O)c2c1. The van der Waals surface area contributed by atoms with Gasteiger partial charge in [0.2, 0.25) is 0 Å². The van der Waals surface area contributed by atoms with Crippen molar-refractivity contribution in [2.45, 2.75) is 19.9 Å². The first-order valence-electron chi connectivity index (χ1n) is 5.25. The van der Waals surface area contributed by atoms with Crippen molar-refractivity contribution in [1.29, 1.82) is 0 Å². The highest BCUT2D eigenvalue weighted by molar-refractivity contribution is 5.78. The fourth-order valence-electron chi connectivity index (χ4n) is 1.65. The molecule has 1 aromatic heterocycles. The van der Waals surface area contributed by atoms with Gasteiger partial charge >= 0.3 is 5.97 Å². The first-order valence-corrected chi connectivity index (χ1v) is 5.25. The molecule has 5 heteroatoms. The van der Waals surface area contributed by atoms with Gasteiger partial charge in [0, 0.05) is 6.54 Å². The predicted molar refractivity (Wildman–Crippen MR) is 63.0 cm³/mol. The zero-order valence-corrected chi connectivity index (χ0v) is 9.38. The maximum Gasteiger partial charge on any atom is 0.305 e. The summed E-state index contributed by atoms with van der Waals surface area (Å²) in [5, 5.41) is 9.11. The van der Waals surface area contributed by atoms with Crippen molar-refractivity contribution in [2.75, 3.05) is 0 Å². The molecule has 0 spiro atoms. The Balaban J connectivity index is 2.49. The lowest BCUT2D eigenvalue weighted by Gasteiger charge is -2.05. The summed E-state index contributed by atoms with van der Waals surface area (Å²) in [7, 11) is 0. The van der Waals surface area contributed by atoms with Crippen LogP contribution in [-0.4, -0.2) is 20.6 Å². The Bertz CT molecular complexity index is 631. The molecule has 0 unspecified atom stereocenters. The zero-order valence-electron chi connectivity index (χ0n) is 9.38. The Morgan fingerprint density at radius 2 is 2.24 bits per heavy atom. The number of carbonyl (C=O) groups is 1. The molecule has 17 heavy (non-hydrogen) atoms. The Hall–Kier alpha value is -2.17. The molecule has 0 amide bonds. The zero-order chi connectivity index (χ0) is 12.4. The van der Waals surface area contributed by atoms with Gasteiger partial charge in [0.05, 0.1) is 23.7 Å². The van der Waals surface area contributed by atoms with Crippen LogP contribution in [0.1, 0.15) is 12.0 Å². The Kier molecular flexibility index (Phi) is 2.91. The summed E-state index contributed by atoms with van der Waals surface area (Å²) >= 11 is 0. The maximum absolute atomic E-state index is 12.0. The van der Waals surface area contributed by atoms with Gasteiger partial charge in [-0.3, -0.25) is 14.2 Å². The summed E-state index contributed by atoms with van der Waals surface area (Å²) in [6, 6.07) is 5.44. The molecule has 1 heterocycles. The van der Waals surface area contributed by atoms with E-state index in [0.29, 0.717) is 10.9 Å². The summed E-state index contributed by atoms with van der Waals surface area (Å²) in [5.41, 5.74) is 1.42. The molecule has 5 nitrogen and oxygen atoms in total. The number of carboxylic acids is 1. The molecule has 2 aromatic rings. The van der Waals surface area contributed by atoms with Crippen molar-refractivity contribution in [1.82, 2.24) is 9.55 Å². The van der Waals surface area contributed by atoms with E-state index in [1.54, 1.807) is 12.1 Å². The second-order valence-corrected chi connectivity index (χ2v) is 3.91. The number of aliphatic carboxylic acids is 1. The number of aryl methyl sites for hydroxylation is 2. The number of fused-ring (bicyclic) bond motifs is 1. The molecule has 0 saturated carbocycles. The van der Waals surface area contributed by atoms with Crippen LogP contribution in [0.5, 0.6) is 0 Å². The second-order valence-electron chi connectivity index (χ2n) is 3.91. The number of aromatic nitrogens is 2. The van der Waals surface area contributed by atoms with E-state index < -0.39 is 5.97 Å². The molecule has 0 aliphatic carbocycles. The summed E-state index contributed by atoms with van der Waals surface area (Å²) in [4.78, 5) is 26.6. The molecule has 0 radical (unpaired) electrons. The van der Waals surface area contributed by atoms with Crippen LogP contribution < -0.4 is 5.56 Å². The second kappa shape index (κ2) is 4.37. The predicted octanol–water partition coefficient (Wildman–Crippen LogP) is 1.18. The van der Waals surface area contributed by atoms with Crippen LogP contribution in [0.4, 0.5) is 0 Å². The van der Waals surface area contributed by atoms with Crippen LogP contribution in [0.3, 0.4) is 0 Å². The summed E-state index contributed by atoms with van der Waals surface area (Å²) in [5.74, 6) is -0.929. The van der Waals surface area contributed by atoms with E-state index >= 15 is 0 Å². The lowest BCUT2D eigenvalue weighted by atomic mass is 10.2. The van der Waals surface area contributed by atoms with Gasteiger partial charge in [-0.2, -0.15) is 0 Å². The third kappa shape index (κ3) is 2.33. The average Bonchev–Trinajstić information content (AvgIpc) is 2.29. The molecule has 1 N–H and O–H groups in total. The van der Waals surface area contributed by atoms with Gasteiger partial charge in [-0.15, -0.1) is 0 Å². The minimum absolute atomic E-state index is 0.0844. The van der Waals surface area contributed by atoms with Gasteiger partial charge in [0.15, 0.2) is 0 Å². The quantitative estimate of drug-likeness (QED) is 0.862. The third-order valence-corrected chi connectivity index (χ3v) is 2.55. The van der Waals surface area contributed by atoms with Crippen LogP contribution in [0.25, 0.3) is 10.9 Å². The molecule has 0 aliphatic rings. The maximum atomic E-state index is 12.0. The molecule has 0 aliphatic heterocycles. The van der Waals surface area contributed by atoms with Crippen molar-refractivity contribution in [2.24, 2.45) is 0 Å². The van der Waals surface area contributed by atoms with Crippen LogP contribution in [0.15, 0.2) is 29.3 Å². The van der Waals surface area contributed by atoms with Crippen molar-refractivity contribution in [3.63, 3.8) is 0 Å². The van der Waals surface area contributed by atoms with E-state index in [0.717, 1.165) is 5.56 Å². The van der Waals surface area contributed by atoms with E-state index in [1.807, 2.05) is 13.0 Å². The minimum atomic E-state index is -0.929. The molecule has 0 fully saturated rings. The van der Waals surface area contributed by atoms with Gasteiger partial charge in [0.1, 0.15) is 0 Å². The fraction of sp³-hybridized carbons (Fsp3) is 0.250. The van der Waals surface area contributed by atoms with Gasteiger partial charge < -0.3 is 5.11 Å². The van der Waals surface area contributed by atoms with Gasteiger partial charge in [-0.05, 0) is 19.1 Å². The number of nitrogens with zero attached hydrogens (tertiary/aromatic N) is 2. The van der Waals surface area contributed by atoms with Crippen molar-refractivity contribution in [3.05, 3.63) is 40.4 Å².